The van der Waals surface area contributed by atoms with Crippen molar-refractivity contribution in [3.63, 3.8) is 0 Å². The van der Waals surface area contributed by atoms with Crippen LogP contribution < -0.4 is 10.5 Å². The van der Waals surface area contributed by atoms with E-state index in [-0.39, 0.29) is 17.1 Å². The Hall–Kier alpha value is -2.26. The fourth-order valence-electron chi connectivity index (χ4n) is 1.99. The van der Waals surface area contributed by atoms with E-state index in [1.54, 1.807) is 0 Å². The van der Waals surface area contributed by atoms with Crippen molar-refractivity contribution in [3.8, 4) is 0 Å². The minimum absolute atomic E-state index is 0.0213. The quantitative estimate of drug-likeness (QED) is 0.818. The molecule has 0 saturated carbocycles. The average Bonchev–Trinajstić information content (AvgIpc) is 2.47. The largest absolute Gasteiger partial charge is 0.416 e. The summed E-state index contributed by atoms with van der Waals surface area (Å²) < 4.78 is 65.1. The van der Waals surface area contributed by atoms with Crippen molar-refractivity contribution in [2.24, 2.45) is 5.73 Å². The van der Waals surface area contributed by atoms with E-state index in [2.05, 4.69) is 4.72 Å². The molecular formula is C15H12ClF3N2O3S. The summed E-state index contributed by atoms with van der Waals surface area (Å²) in [6.45, 7) is 0. The van der Waals surface area contributed by atoms with E-state index in [0.717, 1.165) is 6.07 Å². The van der Waals surface area contributed by atoms with Crippen molar-refractivity contribution >= 4 is 33.2 Å². The first-order valence-electron chi connectivity index (χ1n) is 6.76. The fourth-order valence-corrected chi connectivity index (χ4v) is 3.57. The van der Waals surface area contributed by atoms with Crippen LogP contribution in [0.5, 0.6) is 0 Å². The number of halogens is 4. The predicted molar refractivity (Wildman–Crippen MR) is 86.6 cm³/mol. The molecule has 10 heteroatoms. The molecule has 25 heavy (non-hydrogen) atoms. The molecular weight excluding hydrogens is 381 g/mol. The monoisotopic (exact) mass is 392 g/mol. The van der Waals surface area contributed by atoms with E-state index in [1.807, 2.05) is 0 Å². The van der Waals surface area contributed by atoms with Crippen LogP contribution in [-0.4, -0.2) is 14.3 Å². The third-order valence-electron chi connectivity index (χ3n) is 3.13. The Morgan fingerprint density at radius 3 is 2.24 bits per heavy atom. The molecule has 0 saturated heterocycles. The summed E-state index contributed by atoms with van der Waals surface area (Å²) in [7, 11) is -4.34. The highest BCUT2D eigenvalue weighted by atomic mass is 35.5. The highest BCUT2D eigenvalue weighted by molar-refractivity contribution is 7.92. The lowest BCUT2D eigenvalue weighted by atomic mass is 10.1. The minimum Gasteiger partial charge on any atom is -0.369 e. The smallest absolute Gasteiger partial charge is 0.369 e. The number of sulfonamides is 1. The second-order valence-corrected chi connectivity index (χ2v) is 7.15. The maximum Gasteiger partial charge on any atom is 0.416 e. The van der Waals surface area contributed by atoms with Crippen molar-refractivity contribution < 1.29 is 26.4 Å². The van der Waals surface area contributed by atoms with Crippen molar-refractivity contribution in [2.75, 3.05) is 4.72 Å². The molecule has 0 aromatic heterocycles. The molecule has 134 valence electrons. The number of nitrogens with one attached hydrogen (secondary N) is 1. The maximum absolute atomic E-state index is 12.8. The Kier molecular flexibility index (Phi) is 5.28. The van der Waals surface area contributed by atoms with Crippen LogP contribution in [0.25, 0.3) is 0 Å². The average molecular weight is 393 g/mol. The summed E-state index contributed by atoms with van der Waals surface area (Å²) in [5.74, 6) is -0.552. The van der Waals surface area contributed by atoms with Gasteiger partial charge in [-0.05, 0) is 35.9 Å². The van der Waals surface area contributed by atoms with Gasteiger partial charge in [0.15, 0.2) is 0 Å². The zero-order chi connectivity index (χ0) is 18.8. The summed E-state index contributed by atoms with van der Waals surface area (Å²) in [5.41, 5.74) is 4.58. The van der Waals surface area contributed by atoms with Crippen LogP contribution in [-0.2, 0) is 27.4 Å². The van der Waals surface area contributed by atoms with Crippen LogP contribution in [0, 0.1) is 0 Å². The van der Waals surface area contributed by atoms with E-state index < -0.39 is 32.6 Å². The number of primary amides is 1. The number of carbonyl (C=O) groups excluding carboxylic acids is 1. The molecule has 2 aromatic carbocycles. The van der Waals surface area contributed by atoms with Gasteiger partial charge in [-0.2, -0.15) is 13.2 Å². The summed E-state index contributed by atoms with van der Waals surface area (Å²) in [5, 5.41) is -0.342. The number of amides is 1. The Morgan fingerprint density at radius 2 is 1.72 bits per heavy atom. The normalized spacial score (nSPS) is 12.0. The predicted octanol–water partition coefficient (Wildman–Crippen LogP) is 3.19. The molecule has 0 aliphatic carbocycles. The van der Waals surface area contributed by atoms with E-state index >= 15 is 0 Å². The molecule has 0 aliphatic rings. The molecule has 2 rings (SSSR count). The van der Waals surface area contributed by atoms with Gasteiger partial charge in [-0.25, -0.2) is 8.42 Å². The minimum atomic E-state index is -4.70. The van der Waals surface area contributed by atoms with Gasteiger partial charge in [0, 0.05) is 5.69 Å². The van der Waals surface area contributed by atoms with Gasteiger partial charge in [0.1, 0.15) is 4.90 Å². The van der Waals surface area contributed by atoms with E-state index in [0.29, 0.717) is 17.7 Å². The number of carbonyl (C=O) groups is 1. The van der Waals surface area contributed by atoms with Crippen LogP contribution in [0.4, 0.5) is 18.9 Å². The van der Waals surface area contributed by atoms with Gasteiger partial charge in [-0.1, -0.05) is 23.7 Å². The van der Waals surface area contributed by atoms with Crippen molar-refractivity contribution in [2.45, 2.75) is 17.5 Å². The van der Waals surface area contributed by atoms with Crippen LogP contribution >= 0.6 is 11.6 Å². The van der Waals surface area contributed by atoms with Gasteiger partial charge in [0.2, 0.25) is 5.91 Å². The number of alkyl halides is 3. The molecule has 0 atom stereocenters. The second kappa shape index (κ2) is 6.93. The van der Waals surface area contributed by atoms with Gasteiger partial charge in [-0.15, -0.1) is 0 Å². The number of benzene rings is 2. The summed E-state index contributed by atoms with van der Waals surface area (Å²) in [6.07, 6.45) is -4.72. The van der Waals surface area contributed by atoms with Gasteiger partial charge < -0.3 is 5.73 Å². The lowest BCUT2D eigenvalue weighted by Gasteiger charge is -2.13. The molecule has 0 unspecified atom stereocenters. The SMILES string of the molecule is NC(=O)Cc1ccc(NS(=O)(=O)c2cc(C(F)(F)F)ccc2Cl)cc1. The number of nitrogens with two attached hydrogens (primary N) is 1. The zero-order valence-electron chi connectivity index (χ0n) is 12.5. The van der Waals surface area contributed by atoms with Crippen LogP contribution in [0.15, 0.2) is 47.4 Å². The van der Waals surface area contributed by atoms with Crippen molar-refractivity contribution in [3.05, 3.63) is 58.6 Å². The highest BCUT2D eigenvalue weighted by Crippen LogP contribution is 2.33. The second-order valence-electron chi connectivity index (χ2n) is 5.09. The summed E-state index contributed by atoms with van der Waals surface area (Å²) >= 11 is 5.74. The molecule has 3 N–H and O–H groups in total. The van der Waals surface area contributed by atoms with Gasteiger partial charge >= 0.3 is 6.18 Å². The number of hydrogen-bond acceptors (Lipinski definition) is 3. The van der Waals surface area contributed by atoms with E-state index in [9.17, 15) is 26.4 Å². The Bertz CT molecular complexity index is 897. The molecule has 0 spiro atoms. The number of rotatable bonds is 5. The van der Waals surface area contributed by atoms with Crippen LogP contribution in [0.2, 0.25) is 5.02 Å². The topological polar surface area (TPSA) is 89.3 Å². The molecule has 2 aromatic rings. The lowest BCUT2D eigenvalue weighted by Crippen LogP contribution is -2.16. The van der Waals surface area contributed by atoms with Gasteiger partial charge in [0.25, 0.3) is 10.0 Å². The standard InChI is InChI=1S/C15H12ClF3N2O3S/c16-12-6-3-10(15(17,18)19)8-13(12)25(23,24)21-11-4-1-9(2-5-11)7-14(20)22/h1-6,8,21H,7H2,(H2,20,22). The van der Waals surface area contributed by atoms with E-state index in [4.69, 9.17) is 17.3 Å². The van der Waals surface area contributed by atoms with Crippen LogP contribution in [0.3, 0.4) is 0 Å². The molecule has 5 nitrogen and oxygen atoms in total. The molecule has 0 aliphatic heterocycles. The highest BCUT2D eigenvalue weighted by Gasteiger charge is 2.32. The number of anilines is 1. The van der Waals surface area contributed by atoms with Gasteiger partial charge in [-0.3, -0.25) is 9.52 Å². The summed E-state index contributed by atoms with van der Waals surface area (Å²) in [4.78, 5) is 10.1. The van der Waals surface area contributed by atoms with Gasteiger partial charge in [0.05, 0.1) is 17.0 Å². The first-order valence-corrected chi connectivity index (χ1v) is 8.62. The molecule has 0 radical (unpaired) electrons. The molecule has 0 fully saturated rings. The maximum atomic E-state index is 12.8. The first kappa shape index (κ1) is 19.1. The molecule has 0 bridgehead atoms. The van der Waals surface area contributed by atoms with Crippen molar-refractivity contribution in [1.82, 2.24) is 0 Å². The first-order chi connectivity index (χ1) is 11.5. The molecule has 0 heterocycles. The lowest BCUT2D eigenvalue weighted by molar-refractivity contribution is -0.137. The third-order valence-corrected chi connectivity index (χ3v) is 5.00. The fraction of sp³-hybridized carbons (Fsp3) is 0.133. The summed E-state index contributed by atoms with van der Waals surface area (Å²) in [6, 6.07) is 7.68. The Labute approximate surface area is 146 Å². The zero-order valence-corrected chi connectivity index (χ0v) is 14.0. The van der Waals surface area contributed by atoms with Crippen molar-refractivity contribution in [1.29, 1.82) is 0 Å². The Morgan fingerprint density at radius 1 is 1.12 bits per heavy atom. The third kappa shape index (κ3) is 4.86. The van der Waals surface area contributed by atoms with Crippen LogP contribution in [0.1, 0.15) is 11.1 Å². The molecule has 1 amide bonds. The van der Waals surface area contributed by atoms with E-state index in [1.165, 1.54) is 24.3 Å². The Balaban J connectivity index is 2.32. The number of hydrogen-bond donors (Lipinski definition) is 2.